The molecule has 0 rings (SSSR count). The first-order valence-electron chi connectivity index (χ1n) is 6.57. The Morgan fingerprint density at radius 3 is 2.05 bits per heavy atom. The lowest BCUT2D eigenvalue weighted by atomic mass is 10.0. The number of carbonyl (C=O) groups is 1. The molecule has 0 aliphatic carbocycles. The molecule has 0 aromatic carbocycles. The first kappa shape index (κ1) is 18.3. The number of aliphatic carboxylic acids is 1. The molecule has 0 radical (unpaired) electrons. The topological polar surface area (TPSA) is 71.0 Å². The van der Waals surface area contributed by atoms with E-state index < -0.39 is 11.5 Å². The fraction of sp³-hybridized carbons (Fsp3) is 0.923. The van der Waals surface area contributed by atoms with E-state index >= 15 is 0 Å². The minimum absolute atomic E-state index is 0.104. The molecule has 19 heavy (non-hydrogen) atoms. The molecule has 1 atom stereocenters. The number of ether oxygens (including phenoxy) is 2. The van der Waals surface area contributed by atoms with E-state index in [2.05, 4.69) is 5.32 Å². The lowest BCUT2D eigenvalue weighted by Gasteiger charge is -2.34. The summed E-state index contributed by atoms with van der Waals surface area (Å²) in [7, 11) is 3.27. The van der Waals surface area contributed by atoms with Crippen LogP contribution in [0.5, 0.6) is 0 Å². The molecule has 0 heterocycles. The molecular weight excluding hydrogens is 248 g/mol. The lowest BCUT2D eigenvalue weighted by molar-refractivity contribution is -0.145. The highest BCUT2D eigenvalue weighted by Gasteiger charge is 2.35. The summed E-state index contributed by atoms with van der Waals surface area (Å²) in [6.45, 7) is 8.51. The van der Waals surface area contributed by atoms with Crippen molar-refractivity contribution < 1.29 is 19.4 Å². The Kier molecular flexibility index (Phi) is 8.92. The minimum Gasteiger partial charge on any atom is -0.480 e. The highest BCUT2D eigenvalue weighted by molar-refractivity contribution is 5.78. The second-order valence-electron chi connectivity index (χ2n) is 5.20. The van der Waals surface area contributed by atoms with Crippen LogP contribution in [0.25, 0.3) is 0 Å². The Morgan fingerprint density at radius 1 is 1.26 bits per heavy atom. The van der Waals surface area contributed by atoms with Crippen molar-refractivity contribution >= 4 is 5.97 Å². The zero-order valence-corrected chi connectivity index (χ0v) is 12.7. The van der Waals surface area contributed by atoms with Crippen LogP contribution in [0.3, 0.4) is 0 Å². The summed E-state index contributed by atoms with van der Waals surface area (Å²) in [5.74, 6) is -0.846. The molecule has 0 fully saturated rings. The van der Waals surface area contributed by atoms with Gasteiger partial charge in [-0.15, -0.1) is 0 Å². The largest absolute Gasteiger partial charge is 0.480 e. The van der Waals surface area contributed by atoms with Crippen LogP contribution in [-0.2, 0) is 14.3 Å². The zero-order chi connectivity index (χ0) is 14.9. The molecule has 0 bridgehead atoms. The predicted octanol–water partition coefficient (Wildman–Crippen LogP) is 0.423. The summed E-state index contributed by atoms with van der Waals surface area (Å²) in [6, 6.07) is 0.104. The van der Waals surface area contributed by atoms with E-state index in [1.807, 2.05) is 18.7 Å². The standard InChI is InChI=1S/C13H28N2O4/c1-11(2)14-13(3,12(16)17)10-15(6-8-18-4)7-9-19-5/h11,14H,6-10H2,1-5H3,(H,16,17). The Morgan fingerprint density at radius 2 is 1.74 bits per heavy atom. The van der Waals surface area contributed by atoms with E-state index in [1.54, 1.807) is 21.1 Å². The molecule has 0 aromatic heterocycles. The molecule has 0 aliphatic rings. The van der Waals surface area contributed by atoms with Crippen LogP contribution in [0.4, 0.5) is 0 Å². The van der Waals surface area contributed by atoms with Gasteiger partial charge >= 0.3 is 5.97 Å². The van der Waals surface area contributed by atoms with Gasteiger partial charge in [0, 0.05) is 39.9 Å². The molecule has 2 N–H and O–H groups in total. The fourth-order valence-electron chi connectivity index (χ4n) is 1.97. The van der Waals surface area contributed by atoms with Crippen LogP contribution in [0.1, 0.15) is 20.8 Å². The third-order valence-electron chi connectivity index (χ3n) is 2.84. The van der Waals surface area contributed by atoms with Crippen LogP contribution in [0.2, 0.25) is 0 Å². The van der Waals surface area contributed by atoms with E-state index in [4.69, 9.17) is 9.47 Å². The molecule has 0 aromatic rings. The van der Waals surface area contributed by atoms with Gasteiger partial charge in [0.15, 0.2) is 0 Å². The quantitative estimate of drug-likeness (QED) is 0.570. The van der Waals surface area contributed by atoms with Crippen LogP contribution < -0.4 is 5.32 Å². The van der Waals surface area contributed by atoms with Crippen molar-refractivity contribution in [1.29, 1.82) is 0 Å². The van der Waals surface area contributed by atoms with Gasteiger partial charge in [0.2, 0.25) is 0 Å². The van der Waals surface area contributed by atoms with E-state index in [1.165, 1.54) is 0 Å². The van der Waals surface area contributed by atoms with Crippen molar-refractivity contribution in [3.05, 3.63) is 0 Å². The summed E-state index contributed by atoms with van der Waals surface area (Å²) in [6.07, 6.45) is 0. The Hall–Kier alpha value is -0.690. The van der Waals surface area contributed by atoms with Crippen molar-refractivity contribution in [3.63, 3.8) is 0 Å². The van der Waals surface area contributed by atoms with E-state index in [0.717, 1.165) is 0 Å². The van der Waals surface area contributed by atoms with Crippen molar-refractivity contribution in [2.75, 3.05) is 47.1 Å². The van der Waals surface area contributed by atoms with Gasteiger partial charge in [0.1, 0.15) is 5.54 Å². The average molecular weight is 276 g/mol. The van der Waals surface area contributed by atoms with Crippen molar-refractivity contribution in [3.8, 4) is 0 Å². The third-order valence-corrected chi connectivity index (χ3v) is 2.84. The monoisotopic (exact) mass is 276 g/mol. The summed E-state index contributed by atoms with van der Waals surface area (Å²) in [5, 5.41) is 12.5. The van der Waals surface area contributed by atoms with Crippen LogP contribution in [0.15, 0.2) is 0 Å². The fourth-order valence-corrected chi connectivity index (χ4v) is 1.97. The van der Waals surface area contributed by atoms with Gasteiger partial charge in [-0.25, -0.2) is 0 Å². The van der Waals surface area contributed by atoms with E-state index in [0.29, 0.717) is 32.8 Å². The summed E-state index contributed by atoms with van der Waals surface area (Å²) in [4.78, 5) is 13.5. The van der Waals surface area contributed by atoms with Gasteiger partial charge in [-0.3, -0.25) is 15.0 Å². The summed E-state index contributed by atoms with van der Waals surface area (Å²) < 4.78 is 10.1. The van der Waals surface area contributed by atoms with Crippen molar-refractivity contribution in [2.24, 2.45) is 0 Å². The average Bonchev–Trinajstić information content (AvgIpc) is 2.31. The molecule has 6 heteroatoms. The van der Waals surface area contributed by atoms with E-state index in [-0.39, 0.29) is 6.04 Å². The molecule has 6 nitrogen and oxygen atoms in total. The molecule has 114 valence electrons. The highest BCUT2D eigenvalue weighted by atomic mass is 16.5. The van der Waals surface area contributed by atoms with Crippen LogP contribution >= 0.6 is 0 Å². The third kappa shape index (κ3) is 7.47. The lowest BCUT2D eigenvalue weighted by Crippen LogP contribution is -2.59. The molecule has 0 aliphatic heterocycles. The van der Waals surface area contributed by atoms with Crippen LogP contribution in [0, 0.1) is 0 Å². The number of hydrogen-bond acceptors (Lipinski definition) is 5. The van der Waals surface area contributed by atoms with Gasteiger partial charge < -0.3 is 14.6 Å². The maximum Gasteiger partial charge on any atom is 0.324 e. The maximum atomic E-state index is 11.5. The number of hydrogen-bond donors (Lipinski definition) is 2. The number of methoxy groups -OCH3 is 2. The van der Waals surface area contributed by atoms with Gasteiger partial charge in [-0.05, 0) is 20.8 Å². The molecule has 0 amide bonds. The number of nitrogens with zero attached hydrogens (tertiary/aromatic N) is 1. The first-order chi connectivity index (χ1) is 8.85. The Bertz CT molecular complexity index is 253. The van der Waals surface area contributed by atoms with Crippen molar-refractivity contribution in [1.82, 2.24) is 10.2 Å². The SMILES string of the molecule is COCCN(CCOC)CC(C)(NC(C)C)C(=O)O. The molecule has 0 spiro atoms. The summed E-state index contributed by atoms with van der Waals surface area (Å²) >= 11 is 0. The summed E-state index contributed by atoms with van der Waals surface area (Å²) in [5.41, 5.74) is -0.977. The van der Waals surface area contributed by atoms with Crippen LogP contribution in [-0.4, -0.2) is 74.6 Å². The maximum absolute atomic E-state index is 11.5. The molecule has 1 unspecified atom stereocenters. The van der Waals surface area contributed by atoms with Crippen molar-refractivity contribution in [2.45, 2.75) is 32.4 Å². The Labute approximate surface area is 116 Å². The number of rotatable bonds is 11. The van der Waals surface area contributed by atoms with Gasteiger partial charge in [0.25, 0.3) is 0 Å². The van der Waals surface area contributed by atoms with Gasteiger partial charge in [-0.2, -0.15) is 0 Å². The predicted molar refractivity (Wildman–Crippen MR) is 74.5 cm³/mol. The van der Waals surface area contributed by atoms with Gasteiger partial charge in [0.05, 0.1) is 13.2 Å². The first-order valence-corrected chi connectivity index (χ1v) is 6.57. The minimum atomic E-state index is -0.977. The Balaban J connectivity index is 4.66. The number of carboxylic acid groups (broad SMARTS) is 1. The second kappa shape index (κ2) is 9.25. The van der Waals surface area contributed by atoms with Gasteiger partial charge in [-0.1, -0.05) is 0 Å². The normalized spacial score (nSPS) is 14.9. The number of carboxylic acids is 1. The zero-order valence-electron chi connectivity index (χ0n) is 12.7. The number of nitrogens with one attached hydrogen (secondary N) is 1. The molecular formula is C13H28N2O4. The molecule has 0 saturated heterocycles. The van der Waals surface area contributed by atoms with E-state index in [9.17, 15) is 9.90 Å². The molecule has 0 saturated carbocycles. The highest BCUT2D eigenvalue weighted by Crippen LogP contribution is 2.09. The second-order valence-corrected chi connectivity index (χ2v) is 5.20. The smallest absolute Gasteiger partial charge is 0.324 e.